The molecule has 98 valence electrons. The third-order valence-corrected chi connectivity index (χ3v) is 4.40. The number of unbranched alkanes of at least 4 members (excludes halogenated alkanes) is 4. The van der Waals surface area contributed by atoms with Crippen LogP contribution in [0.15, 0.2) is 0 Å². The van der Waals surface area contributed by atoms with Crippen molar-refractivity contribution < 1.29 is 13.6 Å². The zero-order chi connectivity index (χ0) is 12.1. The highest BCUT2D eigenvalue weighted by Crippen LogP contribution is 2.24. The maximum Gasteiger partial charge on any atom is 0.319 e. The van der Waals surface area contributed by atoms with Crippen LogP contribution in [0.1, 0.15) is 38.5 Å². The fourth-order valence-corrected chi connectivity index (χ4v) is 2.88. The molecule has 0 bridgehead atoms. The Bertz CT molecular complexity index is 154. The number of hydrogen-bond donors (Lipinski definition) is 0. The Kier molecular flexibility index (Phi) is 16.1. The average molecular weight is 474 g/mol. The van der Waals surface area contributed by atoms with E-state index >= 15 is 0 Å². The summed E-state index contributed by atoms with van der Waals surface area (Å²) in [5.41, 5.74) is 0. The molecule has 0 fully saturated rings. The first kappa shape index (κ1) is 17.6. The third-order valence-electron chi connectivity index (χ3n) is 2.00. The first-order valence-electron chi connectivity index (χ1n) is 5.72. The lowest BCUT2D eigenvalue weighted by Gasteiger charge is -2.05. The van der Waals surface area contributed by atoms with Crippen molar-refractivity contribution >= 4 is 53.4 Å². The average Bonchev–Trinajstić information content (AvgIpc) is 2.28. The van der Waals surface area contributed by atoms with Crippen LogP contribution in [-0.2, 0) is 13.6 Å². The molecule has 6 heteroatoms. The molecule has 0 amide bonds. The van der Waals surface area contributed by atoms with Gasteiger partial charge in [0.05, 0.1) is 13.2 Å². The molecule has 0 aromatic carbocycles. The zero-order valence-electron chi connectivity index (χ0n) is 9.55. The van der Waals surface area contributed by atoms with Crippen molar-refractivity contribution in [1.82, 2.24) is 0 Å². The summed E-state index contributed by atoms with van der Waals surface area (Å²) in [6, 6.07) is 0. The number of hydrogen-bond acceptors (Lipinski definition) is 3. The van der Waals surface area contributed by atoms with Gasteiger partial charge >= 0.3 is 8.25 Å². The van der Waals surface area contributed by atoms with Gasteiger partial charge in [-0.25, -0.2) is 0 Å². The fraction of sp³-hybridized carbons (Fsp3) is 1.00. The number of alkyl halides is 2. The van der Waals surface area contributed by atoms with E-state index in [4.69, 9.17) is 9.05 Å². The van der Waals surface area contributed by atoms with Crippen LogP contribution in [0, 0.1) is 0 Å². The second-order valence-corrected chi connectivity index (χ2v) is 6.68. The fourth-order valence-electron chi connectivity index (χ4n) is 1.10. The van der Waals surface area contributed by atoms with E-state index in [-0.39, 0.29) is 0 Å². The van der Waals surface area contributed by atoms with E-state index in [1.165, 1.54) is 21.7 Å². The van der Waals surface area contributed by atoms with Gasteiger partial charge in [0.15, 0.2) is 0 Å². The number of halogens is 2. The van der Waals surface area contributed by atoms with Crippen LogP contribution in [0.4, 0.5) is 0 Å². The molecule has 0 aromatic rings. The van der Waals surface area contributed by atoms with Crippen molar-refractivity contribution in [2.45, 2.75) is 38.5 Å². The minimum atomic E-state index is -2.22. The molecule has 0 radical (unpaired) electrons. The molecule has 0 unspecified atom stereocenters. The molecule has 0 rings (SSSR count). The largest absolute Gasteiger partial charge is 0.319 e. The lowest BCUT2D eigenvalue weighted by Crippen LogP contribution is -1.92. The predicted octanol–water partition coefficient (Wildman–Crippen LogP) is 4.62. The highest BCUT2D eigenvalue weighted by Gasteiger charge is 1.99. The summed E-state index contributed by atoms with van der Waals surface area (Å²) in [4.78, 5) is 0. The molecule has 0 atom stereocenters. The van der Waals surface area contributed by atoms with E-state index in [1.54, 1.807) is 0 Å². The summed E-state index contributed by atoms with van der Waals surface area (Å²) in [5.74, 6) is 0. The van der Waals surface area contributed by atoms with Crippen molar-refractivity contribution in [3.8, 4) is 0 Å². The van der Waals surface area contributed by atoms with Crippen molar-refractivity contribution in [3.63, 3.8) is 0 Å². The molecule has 16 heavy (non-hydrogen) atoms. The molecule has 0 aliphatic rings. The Morgan fingerprint density at radius 1 is 0.750 bits per heavy atom. The number of rotatable bonds is 12. The molecule has 0 heterocycles. The molecule has 0 N–H and O–H groups in total. The molecule has 0 aliphatic carbocycles. The van der Waals surface area contributed by atoms with Crippen LogP contribution in [-0.4, -0.2) is 22.1 Å². The van der Waals surface area contributed by atoms with E-state index < -0.39 is 8.25 Å². The summed E-state index contributed by atoms with van der Waals surface area (Å²) < 4.78 is 23.8. The van der Waals surface area contributed by atoms with Crippen molar-refractivity contribution in [2.24, 2.45) is 0 Å². The van der Waals surface area contributed by atoms with E-state index in [9.17, 15) is 4.57 Å². The molecule has 0 saturated heterocycles. The third kappa shape index (κ3) is 13.7. The standard InChI is InChI=1S/C10H21I2O3P/c11-7-3-1-5-9-14-16(13)15-10-6-2-4-8-12/h16H,1-10H2. The van der Waals surface area contributed by atoms with E-state index in [1.807, 2.05) is 0 Å². The second-order valence-electron chi connectivity index (χ2n) is 3.45. The normalized spacial score (nSPS) is 11.2. The predicted molar refractivity (Wildman–Crippen MR) is 86.4 cm³/mol. The van der Waals surface area contributed by atoms with Gasteiger partial charge in [0.25, 0.3) is 0 Å². The quantitative estimate of drug-likeness (QED) is 0.179. The monoisotopic (exact) mass is 474 g/mol. The van der Waals surface area contributed by atoms with Gasteiger partial charge in [0.2, 0.25) is 0 Å². The summed E-state index contributed by atoms with van der Waals surface area (Å²) >= 11 is 4.72. The Hall–Kier alpha value is 1.61. The Labute approximate surface area is 127 Å². The summed E-state index contributed by atoms with van der Waals surface area (Å²) in [7, 11) is -2.22. The van der Waals surface area contributed by atoms with Crippen LogP contribution in [0.25, 0.3) is 0 Å². The molecular weight excluding hydrogens is 453 g/mol. The highest BCUT2D eigenvalue weighted by molar-refractivity contribution is 14.1. The van der Waals surface area contributed by atoms with E-state index in [0.717, 1.165) is 25.7 Å². The zero-order valence-corrected chi connectivity index (χ0v) is 14.9. The summed E-state index contributed by atoms with van der Waals surface area (Å²) in [5, 5.41) is 0. The van der Waals surface area contributed by atoms with Crippen LogP contribution >= 0.6 is 53.4 Å². The Morgan fingerprint density at radius 3 is 1.56 bits per heavy atom. The van der Waals surface area contributed by atoms with Crippen LogP contribution in [0.3, 0.4) is 0 Å². The molecule has 0 aromatic heterocycles. The molecular formula is C10H21I2O3P. The first-order valence-corrected chi connectivity index (χ1v) is 10.0. The van der Waals surface area contributed by atoms with Crippen LogP contribution in [0.5, 0.6) is 0 Å². The van der Waals surface area contributed by atoms with Gasteiger partial charge in [-0.1, -0.05) is 58.0 Å². The smallest absolute Gasteiger partial charge is 0.311 e. The molecule has 0 aliphatic heterocycles. The van der Waals surface area contributed by atoms with E-state index in [2.05, 4.69) is 45.2 Å². The van der Waals surface area contributed by atoms with Gasteiger partial charge < -0.3 is 9.05 Å². The maximum absolute atomic E-state index is 11.2. The lowest BCUT2D eigenvalue weighted by atomic mass is 10.3. The molecule has 0 spiro atoms. The molecule has 3 nitrogen and oxygen atoms in total. The Balaban J connectivity index is 3.12. The van der Waals surface area contributed by atoms with Crippen molar-refractivity contribution in [1.29, 1.82) is 0 Å². The van der Waals surface area contributed by atoms with Gasteiger partial charge in [-0.15, -0.1) is 0 Å². The van der Waals surface area contributed by atoms with Gasteiger partial charge in [0, 0.05) is 0 Å². The first-order chi connectivity index (χ1) is 7.81. The topological polar surface area (TPSA) is 35.5 Å². The lowest BCUT2D eigenvalue weighted by molar-refractivity contribution is 0.219. The SMILES string of the molecule is O=[PH](OCCCCCI)OCCCCCI. The van der Waals surface area contributed by atoms with Gasteiger partial charge in [0.1, 0.15) is 0 Å². The van der Waals surface area contributed by atoms with Crippen LogP contribution in [0.2, 0.25) is 0 Å². The maximum atomic E-state index is 11.2. The Morgan fingerprint density at radius 2 is 1.19 bits per heavy atom. The summed E-state index contributed by atoms with van der Waals surface area (Å²) in [6.45, 7) is 1.14. The van der Waals surface area contributed by atoms with Gasteiger partial charge in [-0.05, 0) is 34.5 Å². The van der Waals surface area contributed by atoms with Crippen molar-refractivity contribution in [3.05, 3.63) is 0 Å². The van der Waals surface area contributed by atoms with E-state index in [0.29, 0.717) is 13.2 Å². The van der Waals surface area contributed by atoms with Crippen LogP contribution < -0.4 is 0 Å². The minimum absolute atomic E-state index is 0.572. The minimum Gasteiger partial charge on any atom is -0.311 e. The molecule has 0 saturated carbocycles. The highest BCUT2D eigenvalue weighted by atomic mass is 127. The van der Waals surface area contributed by atoms with Gasteiger partial charge in [-0.3, -0.25) is 4.57 Å². The summed E-state index contributed by atoms with van der Waals surface area (Å²) in [6.07, 6.45) is 6.68. The van der Waals surface area contributed by atoms with Gasteiger partial charge in [-0.2, -0.15) is 0 Å². The second kappa shape index (κ2) is 14.7. The van der Waals surface area contributed by atoms with Crippen molar-refractivity contribution in [2.75, 3.05) is 22.1 Å².